The van der Waals surface area contributed by atoms with E-state index in [1.807, 2.05) is 115 Å². The molecule has 0 aliphatic heterocycles. The van der Waals surface area contributed by atoms with E-state index in [-0.39, 0.29) is 35.5 Å². The highest BCUT2D eigenvalue weighted by atomic mass is 32.2. The number of fused-ring (bicyclic) bond motifs is 3. The van der Waals surface area contributed by atoms with Gasteiger partial charge in [-0.2, -0.15) is 39.5 Å². The van der Waals surface area contributed by atoms with Gasteiger partial charge in [0, 0.05) is 23.3 Å². The number of aromatic nitrogens is 6. The van der Waals surface area contributed by atoms with Gasteiger partial charge in [0.25, 0.3) is 0 Å². The van der Waals surface area contributed by atoms with Crippen molar-refractivity contribution in [2.75, 3.05) is 11.0 Å². The smallest absolute Gasteiger partial charge is 0.389 e. The zero-order chi connectivity index (χ0) is 67.8. The summed E-state index contributed by atoms with van der Waals surface area (Å²) >= 11 is 0. The molecule has 0 radical (unpaired) electrons. The van der Waals surface area contributed by atoms with Crippen molar-refractivity contribution >= 4 is 48.8 Å². The Morgan fingerprint density at radius 2 is 0.802 bits per heavy atom. The Morgan fingerprint density at radius 3 is 1.19 bits per heavy atom. The third-order valence-corrected chi connectivity index (χ3v) is 18.6. The molecule has 7 unspecified atom stereocenters. The molecule has 21 heteroatoms. The summed E-state index contributed by atoms with van der Waals surface area (Å²) in [6.07, 6.45) is -10.2. The van der Waals surface area contributed by atoms with E-state index in [4.69, 9.17) is 4.98 Å². The van der Waals surface area contributed by atoms with Gasteiger partial charge in [-0.15, -0.1) is 0 Å². The van der Waals surface area contributed by atoms with E-state index in [0.29, 0.717) is 22.4 Å². The molecular formula is C75H64F9N7O4S. The van der Waals surface area contributed by atoms with Crippen LogP contribution in [0.4, 0.5) is 45.2 Å². The Morgan fingerprint density at radius 1 is 0.448 bits per heavy atom. The highest BCUT2D eigenvalue weighted by molar-refractivity contribution is 7.92. The second kappa shape index (κ2) is 24.9. The third-order valence-electron chi connectivity index (χ3n) is 18.0. The molecule has 0 spiro atoms. The first kappa shape index (κ1) is 65.1. The van der Waals surface area contributed by atoms with E-state index in [9.17, 15) is 58.1 Å². The summed E-state index contributed by atoms with van der Waals surface area (Å²) in [6, 6.07) is 56.7. The van der Waals surface area contributed by atoms with Crippen LogP contribution in [0.1, 0.15) is 144 Å². The van der Waals surface area contributed by atoms with Crippen molar-refractivity contribution in [3.05, 3.63) is 262 Å². The average molecular weight is 1330 g/mol. The predicted octanol–water partition coefficient (Wildman–Crippen LogP) is 19.2. The van der Waals surface area contributed by atoms with Gasteiger partial charge in [0.05, 0.1) is 73.4 Å². The van der Waals surface area contributed by atoms with Crippen LogP contribution in [0.5, 0.6) is 0 Å². The van der Waals surface area contributed by atoms with E-state index < -0.39 is 56.9 Å². The number of para-hydroxylation sites is 1. The van der Waals surface area contributed by atoms with E-state index in [1.54, 1.807) is 51.1 Å². The molecule has 3 aliphatic carbocycles. The highest BCUT2D eigenvalue weighted by Crippen LogP contribution is 2.57. The monoisotopic (exact) mass is 1330 g/mol. The van der Waals surface area contributed by atoms with Crippen LogP contribution in [0.25, 0.3) is 66.5 Å². The average Bonchev–Trinajstić information content (AvgIpc) is 1.61. The second-order valence-electron chi connectivity index (χ2n) is 25.6. The van der Waals surface area contributed by atoms with Crippen molar-refractivity contribution in [2.24, 2.45) is 0 Å². The first-order valence-electron chi connectivity index (χ1n) is 31.2. The summed E-state index contributed by atoms with van der Waals surface area (Å²) in [7, 11) is -3.43. The van der Waals surface area contributed by atoms with Gasteiger partial charge in [0.15, 0.2) is 0 Å². The van der Waals surface area contributed by atoms with Crippen molar-refractivity contribution < 1.29 is 58.1 Å². The molecule has 9 aromatic carbocycles. The zero-order valence-electron chi connectivity index (χ0n) is 52.1. The summed E-state index contributed by atoms with van der Waals surface area (Å²) in [5, 5.41) is 20.6. The fourth-order valence-electron chi connectivity index (χ4n) is 13.0. The Kier molecular flexibility index (Phi) is 16.9. The molecule has 11 nitrogen and oxygen atoms in total. The van der Waals surface area contributed by atoms with Gasteiger partial charge in [-0.25, -0.2) is 23.4 Å². The summed E-state index contributed by atoms with van der Waals surface area (Å²) in [4.78, 5) is 24.1. The van der Waals surface area contributed by atoms with Crippen LogP contribution in [-0.2, 0) is 34.2 Å². The minimum absolute atomic E-state index is 0.00739. The molecule has 3 saturated carbocycles. The lowest BCUT2D eigenvalue weighted by Gasteiger charge is -2.21. The molecule has 3 heterocycles. The van der Waals surface area contributed by atoms with Crippen molar-refractivity contribution in [3.8, 4) is 33.4 Å². The van der Waals surface area contributed by atoms with Gasteiger partial charge >= 0.3 is 18.5 Å². The first-order valence-corrected chi connectivity index (χ1v) is 33.1. The molecule has 3 aromatic heterocycles. The van der Waals surface area contributed by atoms with Crippen molar-refractivity contribution in [1.29, 1.82) is 0 Å². The quantitative estimate of drug-likeness (QED) is 0.0624. The van der Waals surface area contributed by atoms with Crippen molar-refractivity contribution in [1.82, 2.24) is 29.9 Å². The number of aliphatic hydroxyl groups excluding tert-OH is 1. The lowest BCUT2D eigenvalue weighted by molar-refractivity contribution is -0.138. The summed E-state index contributed by atoms with van der Waals surface area (Å²) < 4.78 is 143. The number of sulfonamides is 1. The zero-order valence-corrected chi connectivity index (χ0v) is 52.9. The van der Waals surface area contributed by atoms with E-state index in [0.717, 1.165) is 139 Å². The molecular weight excluding hydrogens is 1270 g/mol. The van der Waals surface area contributed by atoms with Gasteiger partial charge in [0.1, 0.15) is 17.5 Å². The number of anilines is 1. The van der Waals surface area contributed by atoms with Crippen LogP contribution in [-0.4, -0.2) is 54.8 Å². The Balaban J connectivity index is 0.000000130. The predicted molar refractivity (Wildman–Crippen MR) is 354 cm³/mol. The molecule has 7 atom stereocenters. The number of aromatic amines is 3. The molecule has 3 aliphatic rings. The number of hydrogen-bond donors (Lipinski definition) is 6. The van der Waals surface area contributed by atoms with Crippen LogP contribution in [0, 0.1) is 0 Å². The lowest BCUT2D eigenvalue weighted by Crippen LogP contribution is -2.16. The first-order chi connectivity index (χ1) is 45.5. The number of benzene rings is 9. The standard InChI is InChI=1S/C26H23F3N2O.C25H21F3N2O.C24H20F3N3O2S/c1-25(2,32)21-9-4-3-8-18(21)16-10-11-22-23(13-16)31-24(30-22)20-14-19(20)15-6-5-7-17(12-15)26(27,28)29;1-14(31)18-7-2-3-8-19(18)16-9-10-22-23(12-16)30-24(29-22)21-13-20(21)15-5-4-6-17(11-15)25(26,27)28;1-33(31,32)30-20-8-3-2-7-17(20)15-9-10-21-22(12-15)29-23(28-21)19-13-18(19)14-5-4-6-16(11-14)24(25,26)27/h3-13,19-20,32H,14H2,1-2H3,(H,30,31);2-12,14,20-21,31H,13H2,1H3,(H,29,30);2-12,18-19,30H,13H2,1H3,(H,28,29). The SMILES string of the molecule is CC(C)(O)c1ccccc1-c1ccc2nc(C3CC3c3cccc(C(F)(F)F)c3)[nH]c2c1.CC(O)c1ccccc1-c1ccc2nc(C3CC3c3cccc(C(F)(F)F)c3)[nH]c2c1.CS(=O)(=O)Nc1ccccc1-c1ccc2nc(C3CC3c3cccc(C(F)(F)F)c3)[nH]c2c1. The number of hydrogen-bond acceptors (Lipinski definition) is 7. The topological polar surface area (TPSA) is 173 Å². The fraction of sp³-hybridized carbons (Fsp3) is 0.240. The highest BCUT2D eigenvalue weighted by Gasteiger charge is 2.45. The van der Waals surface area contributed by atoms with Crippen LogP contribution in [0.3, 0.4) is 0 Å². The van der Waals surface area contributed by atoms with Gasteiger partial charge < -0.3 is 25.2 Å². The number of imidazole rings is 3. The van der Waals surface area contributed by atoms with E-state index in [1.165, 1.54) is 36.4 Å². The number of rotatable bonds is 13. The Hall–Kier alpha value is -9.57. The molecule has 96 heavy (non-hydrogen) atoms. The molecule has 15 rings (SSSR count). The number of H-pyrrole nitrogens is 3. The maximum absolute atomic E-state index is 13.1. The van der Waals surface area contributed by atoms with Crippen LogP contribution < -0.4 is 4.72 Å². The van der Waals surface area contributed by atoms with Gasteiger partial charge in [-0.1, -0.05) is 140 Å². The number of aliphatic hydroxyl groups is 2. The molecule has 0 amide bonds. The summed E-state index contributed by atoms with van der Waals surface area (Å²) in [5.74, 6) is 2.62. The lowest BCUT2D eigenvalue weighted by atomic mass is 9.89. The molecule has 492 valence electrons. The molecule has 0 bridgehead atoms. The van der Waals surface area contributed by atoms with Gasteiger partial charge in [-0.05, 0) is 174 Å². The molecule has 6 N–H and O–H groups in total. The van der Waals surface area contributed by atoms with E-state index in [2.05, 4.69) is 29.6 Å². The van der Waals surface area contributed by atoms with Crippen LogP contribution in [0.2, 0.25) is 0 Å². The van der Waals surface area contributed by atoms with Crippen LogP contribution >= 0.6 is 0 Å². The second-order valence-corrected chi connectivity index (χ2v) is 27.3. The fourth-order valence-corrected chi connectivity index (χ4v) is 13.5. The Bertz CT molecular complexity index is 5010. The Labute approximate surface area is 546 Å². The maximum atomic E-state index is 13.1. The number of nitrogens with zero attached hydrogens (tertiary/aromatic N) is 3. The number of nitrogens with one attached hydrogen (secondary N) is 4. The number of alkyl halides is 9. The molecule has 12 aromatic rings. The minimum Gasteiger partial charge on any atom is -0.389 e. The van der Waals surface area contributed by atoms with Crippen molar-refractivity contribution in [2.45, 2.75) is 106 Å². The normalized spacial score (nSPS) is 18.9. The van der Waals surface area contributed by atoms with Crippen molar-refractivity contribution in [3.63, 3.8) is 0 Å². The summed E-state index contributed by atoms with van der Waals surface area (Å²) in [6.45, 7) is 5.27. The maximum Gasteiger partial charge on any atom is 0.416 e. The molecule has 3 fully saturated rings. The van der Waals surface area contributed by atoms with Crippen LogP contribution in [0.15, 0.2) is 200 Å². The van der Waals surface area contributed by atoms with E-state index >= 15 is 0 Å². The molecule has 0 saturated heterocycles. The minimum atomic E-state index is -4.36. The van der Waals surface area contributed by atoms with Gasteiger partial charge in [0.2, 0.25) is 10.0 Å². The largest absolute Gasteiger partial charge is 0.416 e. The summed E-state index contributed by atoms with van der Waals surface area (Å²) in [5.41, 5.74) is 11.7. The number of halogens is 9. The third kappa shape index (κ3) is 14.2. The van der Waals surface area contributed by atoms with Gasteiger partial charge in [-0.3, -0.25) is 4.72 Å².